The Hall–Kier alpha value is -1.58. The first kappa shape index (κ1) is 11.9. The molecule has 0 spiro atoms. The molecule has 0 saturated carbocycles. The summed E-state index contributed by atoms with van der Waals surface area (Å²) in [6.45, 7) is 6.40. The monoisotopic (exact) mass is 234 g/mol. The second kappa shape index (κ2) is 4.35. The molecule has 0 unspecified atom stereocenters. The summed E-state index contributed by atoms with van der Waals surface area (Å²) in [4.78, 5) is 16.0. The lowest BCUT2D eigenvalue weighted by Gasteiger charge is -2.22. The number of pyridine rings is 1. The van der Waals surface area contributed by atoms with Crippen LogP contribution in [0.4, 0.5) is 5.69 Å². The minimum absolute atomic E-state index is 0.00160. The van der Waals surface area contributed by atoms with Gasteiger partial charge in [-0.15, -0.1) is 0 Å². The molecule has 1 aliphatic rings. The van der Waals surface area contributed by atoms with Crippen LogP contribution in [0.25, 0.3) is 0 Å². The molecule has 0 saturated heterocycles. The van der Waals surface area contributed by atoms with Gasteiger partial charge in [0.15, 0.2) is 0 Å². The number of ether oxygens (including phenoxy) is 1. The number of nitrogens with one attached hydrogen (secondary N) is 1. The molecular formula is C13H18N2O2. The van der Waals surface area contributed by atoms with Gasteiger partial charge in [0.2, 0.25) is 5.91 Å². The quantitative estimate of drug-likeness (QED) is 0.811. The van der Waals surface area contributed by atoms with Crippen molar-refractivity contribution in [1.82, 2.24) is 4.98 Å². The SMILES string of the molecule is CC(C)(C)C(=O)Nc1cncc2c1CCCO2. The van der Waals surface area contributed by atoms with Gasteiger partial charge in [0, 0.05) is 11.0 Å². The lowest BCUT2D eigenvalue weighted by Crippen LogP contribution is -2.28. The molecule has 1 amide bonds. The molecule has 2 heterocycles. The first-order chi connectivity index (χ1) is 7.98. The highest BCUT2D eigenvalue weighted by molar-refractivity contribution is 5.95. The largest absolute Gasteiger partial charge is 0.492 e. The van der Waals surface area contributed by atoms with Crippen molar-refractivity contribution in [3.63, 3.8) is 0 Å². The Balaban J connectivity index is 2.25. The van der Waals surface area contributed by atoms with Gasteiger partial charge in [-0.2, -0.15) is 0 Å². The van der Waals surface area contributed by atoms with Crippen LogP contribution in [0.15, 0.2) is 12.4 Å². The summed E-state index contributed by atoms with van der Waals surface area (Å²) in [6.07, 6.45) is 5.31. The number of anilines is 1. The van der Waals surface area contributed by atoms with Gasteiger partial charge in [-0.3, -0.25) is 9.78 Å². The van der Waals surface area contributed by atoms with E-state index in [1.165, 1.54) is 0 Å². The standard InChI is InChI=1S/C13H18N2O2/c1-13(2,3)12(16)15-10-7-14-8-11-9(10)5-4-6-17-11/h7-8H,4-6H2,1-3H3,(H,15,16). The van der Waals surface area contributed by atoms with Crippen LogP contribution in [0.5, 0.6) is 5.75 Å². The molecule has 1 aliphatic heterocycles. The number of hydrogen-bond acceptors (Lipinski definition) is 3. The Morgan fingerprint density at radius 2 is 2.18 bits per heavy atom. The van der Waals surface area contributed by atoms with Crippen LogP contribution in [-0.4, -0.2) is 17.5 Å². The van der Waals surface area contributed by atoms with E-state index >= 15 is 0 Å². The second-order valence-electron chi connectivity index (χ2n) is 5.32. The molecule has 0 bridgehead atoms. The molecule has 92 valence electrons. The first-order valence-electron chi connectivity index (χ1n) is 5.89. The Morgan fingerprint density at radius 1 is 1.41 bits per heavy atom. The first-order valence-corrected chi connectivity index (χ1v) is 5.89. The van der Waals surface area contributed by atoms with E-state index in [4.69, 9.17) is 4.74 Å². The summed E-state index contributed by atoms with van der Waals surface area (Å²) in [5.74, 6) is 0.793. The molecule has 1 aromatic rings. The fourth-order valence-corrected chi connectivity index (χ4v) is 1.70. The molecule has 0 aliphatic carbocycles. The van der Waals surface area contributed by atoms with Crippen LogP contribution in [0.1, 0.15) is 32.8 Å². The average Bonchev–Trinajstić information content (AvgIpc) is 2.28. The summed E-state index contributed by atoms with van der Waals surface area (Å²) >= 11 is 0. The summed E-state index contributed by atoms with van der Waals surface area (Å²) in [7, 11) is 0. The number of hydrogen-bond donors (Lipinski definition) is 1. The molecule has 4 nitrogen and oxygen atoms in total. The molecule has 2 rings (SSSR count). The van der Waals surface area contributed by atoms with Gasteiger partial charge < -0.3 is 10.1 Å². The van der Waals surface area contributed by atoms with Crippen LogP contribution >= 0.6 is 0 Å². The molecule has 1 aromatic heterocycles. The van der Waals surface area contributed by atoms with Crippen molar-refractivity contribution in [3.05, 3.63) is 18.0 Å². The Labute approximate surface area is 101 Å². The van der Waals surface area contributed by atoms with Crippen molar-refractivity contribution < 1.29 is 9.53 Å². The van der Waals surface area contributed by atoms with Crippen LogP contribution in [0.2, 0.25) is 0 Å². The van der Waals surface area contributed by atoms with E-state index in [1.54, 1.807) is 12.4 Å². The second-order valence-corrected chi connectivity index (χ2v) is 5.32. The van der Waals surface area contributed by atoms with E-state index in [2.05, 4.69) is 10.3 Å². The van der Waals surface area contributed by atoms with E-state index in [0.29, 0.717) is 0 Å². The van der Waals surface area contributed by atoms with Crippen molar-refractivity contribution >= 4 is 11.6 Å². The zero-order valence-corrected chi connectivity index (χ0v) is 10.5. The zero-order valence-electron chi connectivity index (χ0n) is 10.5. The minimum atomic E-state index is -0.405. The van der Waals surface area contributed by atoms with E-state index < -0.39 is 5.41 Å². The zero-order chi connectivity index (χ0) is 12.5. The predicted molar refractivity (Wildman–Crippen MR) is 66.1 cm³/mol. The lowest BCUT2D eigenvalue weighted by atomic mass is 9.95. The van der Waals surface area contributed by atoms with Crippen LogP contribution in [0.3, 0.4) is 0 Å². The van der Waals surface area contributed by atoms with E-state index in [-0.39, 0.29) is 5.91 Å². The highest BCUT2D eigenvalue weighted by Gasteiger charge is 2.23. The van der Waals surface area contributed by atoms with Gasteiger partial charge in [0.25, 0.3) is 0 Å². The summed E-state index contributed by atoms with van der Waals surface area (Å²) in [5.41, 5.74) is 1.43. The van der Waals surface area contributed by atoms with Crippen LogP contribution in [-0.2, 0) is 11.2 Å². The van der Waals surface area contributed by atoms with Gasteiger partial charge in [-0.05, 0) is 12.8 Å². The van der Waals surface area contributed by atoms with Gasteiger partial charge >= 0.3 is 0 Å². The number of aromatic nitrogens is 1. The highest BCUT2D eigenvalue weighted by Crippen LogP contribution is 2.30. The highest BCUT2D eigenvalue weighted by atomic mass is 16.5. The molecule has 1 N–H and O–H groups in total. The van der Waals surface area contributed by atoms with Gasteiger partial charge in [-0.1, -0.05) is 20.8 Å². The van der Waals surface area contributed by atoms with E-state index in [9.17, 15) is 4.79 Å². The Bertz CT molecular complexity index is 436. The molecule has 0 fully saturated rings. The molecule has 0 atom stereocenters. The average molecular weight is 234 g/mol. The lowest BCUT2D eigenvalue weighted by molar-refractivity contribution is -0.123. The van der Waals surface area contributed by atoms with Crippen LogP contribution < -0.4 is 10.1 Å². The van der Waals surface area contributed by atoms with Crippen molar-refractivity contribution in [1.29, 1.82) is 0 Å². The van der Waals surface area contributed by atoms with Gasteiger partial charge in [-0.25, -0.2) is 0 Å². The fourth-order valence-electron chi connectivity index (χ4n) is 1.70. The predicted octanol–water partition coefficient (Wildman–Crippen LogP) is 2.39. The van der Waals surface area contributed by atoms with Gasteiger partial charge in [0.1, 0.15) is 5.75 Å². The smallest absolute Gasteiger partial charge is 0.229 e. The maximum Gasteiger partial charge on any atom is 0.229 e. The van der Waals surface area contributed by atoms with E-state index in [0.717, 1.165) is 36.4 Å². The van der Waals surface area contributed by atoms with Crippen LogP contribution in [0, 0.1) is 5.41 Å². The van der Waals surface area contributed by atoms with Crippen molar-refractivity contribution in [2.24, 2.45) is 5.41 Å². The Kier molecular flexibility index (Phi) is 3.05. The third-order valence-corrected chi connectivity index (χ3v) is 2.78. The molecule has 0 aromatic carbocycles. The topological polar surface area (TPSA) is 51.2 Å². The number of nitrogens with zero attached hydrogens (tertiary/aromatic N) is 1. The number of fused-ring (bicyclic) bond motifs is 1. The maximum atomic E-state index is 11.9. The summed E-state index contributed by atoms with van der Waals surface area (Å²) in [5, 5.41) is 2.93. The third-order valence-electron chi connectivity index (χ3n) is 2.78. The summed E-state index contributed by atoms with van der Waals surface area (Å²) < 4.78 is 5.52. The van der Waals surface area contributed by atoms with Gasteiger partial charge in [0.05, 0.1) is 24.7 Å². The fraction of sp³-hybridized carbons (Fsp3) is 0.538. The summed E-state index contributed by atoms with van der Waals surface area (Å²) in [6, 6.07) is 0. The number of rotatable bonds is 1. The number of amides is 1. The van der Waals surface area contributed by atoms with E-state index in [1.807, 2.05) is 20.8 Å². The van der Waals surface area contributed by atoms with Crippen molar-refractivity contribution in [2.75, 3.05) is 11.9 Å². The number of carbonyl (C=O) groups excluding carboxylic acids is 1. The third kappa shape index (κ3) is 2.57. The maximum absolute atomic E-state index is 11.9. The van der Waals surface area contributed by atoms with Crippen molar-refractivity contribution in [2.45, 2.75) is 33.6 Å². The molecular weight excluding hydrogens is 216 g/mol. The Morgan fingerprint density at radius 3 is 2.88 bits per heavy atom. The molecule has 17 heavy (non-hydrogen) atoms. The minimum Gasteiger partial charge on any atom is -0.492 e. The molecule has 0 radical (unpaired) electrons. The molecule has 4 heteroatoms. The normalized spacial score (nSPS) is 14.8. The number of carbonyl (C=O) groups is 1. The van der Waals surface area contributed by atoms with Crippen molar-refractivity contribution in [3.8, 4) is 5.75 Å².